The van der Waals surface area contributed by atoms with Gasteiger partial charge in [0.05, 0.1) is 0 Å². The Kier molecular flexibility index (Phi) is 11.3. The van der Waals surface area contributed by atoms with Crippen LogP contribution in [0.4, 0.5) is 0 Å². The van der Waals surface area contributed by atoms with Crippen molar-refractivity contribution in [2.75, 3.05) is 0 Å². The zero-order valence-electron chi connectivity index (χ0n) is 34.3. The van der Waals surface area contributed by atoms with Crippen molar-refractivity contribution in [2.24, 2.45) is 0 Å². The third-order valence-corrected chi connectivity index (χ3v) is 11.8. The van der Waals surface area contributed by atoms with Gasteiger partial charge in [-0.25, -0.2) is 0 Å². The Labute approximate surface area is 374 Å². The molecule has 0 fully saturated rings. The summed E-state index contributed by atoms with van der Waals surface area (Å²) >= 11 is 0. The lowest BCUT2D eigenvalue weighted by Gasteiger charge is -2.25. The van der Waals surface area contributed by atoms with E-state index >= 15 is 4.57 Å². The van der Waals surface area contributed by atoms with Crippen molar-refractivity contribution in [2.45, 2.75) is 0 Å². The van der Waals surface area contributed by atoms with Crippen LogP contribution in [0.25, 0.3) is 66.8 Å². The number of phosphoric acid groups is 1. The summed E-state index contributed by atoms with van der Waals surface area (Å²) < 4.78 is 36.3. The molecule has 65 heavy (non-hydrogen) atoms. The van der Waals surface area contributed by atoms with Gasteiger partial charge in [0.2, 0.25) is 0 Å². The van der Waals surface area contributed by atoms with E-state index in [0.717, 1.165) is 0 Å². The molecule has 0 radical (unpaired) electrons. The summed E-state index contributed by atoms with van der Waals surface area (Å²) in [5.41, 5.74) is 5.96. The number of phosphoric ester groups is 1. The minimum absolute atomic E-state index is 0.00482. The first-order chi connectivity index (χ1) is 31.5. The van der Waals surface area contributed by atoms with Gasteiger partial charge in [-0.2, -0.15) is 4.57 Å². The minimum Gasteiger partial charge on any atom is -0.508 e. The summed E-state index contributed by atoms with van der Waals surface area (Å²) in [7, 11) is -5.06. The Balaban J connectivity index is 1.30. The van der Waals surface area contributed by atoms with Crippen LogP contribution in [0, 0.1) is 0 Å². The topological polar surface area (TPSA) is 166 Å². The van der Waals surface area contributed by atoms with E-state index in [4.69, 9.17) is 13.6 Å². The van der Waals surface area contributed by atoms with Crippen molar-refractivity contribution in [3.05, 3.63) is 200 Å². The first-order valence-corrected chi connectivity index (χ1v) is 21.8. The maximum absolute atomic E-state index is 16.2. The molecule has 0 aliphatic rings. The highest BCUT2D eigenvalue weighted by atomic mass is 31.2. The van der Waals surface area contributed by atoms with Crippen LogP contribution < -0.4 is 13.6 Å². The Bertz CT molecular complexity index is 2930. The largest absolute Gasteiger partial charge is 0.647 e. The van der Waals surface area contributed by atoms with E-state index in [2.05, 4.69) is 0 Å². The van der Waals surface area contributed by atoms with Crippen molar-refractivity contribution in [3.63, 3.8) is 0 Å². The van der Waals surface area contributed by atoms with E-state index < -0.39 is 7.82 Å². The van der Waals surface area contributed by atoms with Gasteiger partial charge in [0.1, 0.15) is 51.7 Å². The fourth-order valence-electron chi connectivity index (χ4n) is 7.86. The molecule has 0 amide bonds. The van der Waals surface area contributed by atoms with E-state index in [1.165, 1.54) is 54.6 Å². The van der Waals surface area contributed by atoms with Crippen molar-refractivity contribution in [1.82, 2.24) is 0 Å². The molecule has 11 heteroatoms. The van der Waals surface area contributed by atoms with Gasteiger partial charge in [-0.15, -0.1) is 0 Å². The molecule has 0 aliphatic carbocycles. The molecule has 9 aromatic carbocycles. The molecule has 0 saturated heterocycles. The molecule has 9 aromatic rings. The zero-order valence-corrected chi connectivity index (χ0v) is 35.2. The Morgan fingerprint density at radius 3 is 0.738 bits per heavy atom. The van der Waals surface area contributed by atoms with Crippen LogP contribution in [0.2, 0.25) is 0 Å². The second-order valence-electron chi connectivity index (χ2n) is 15.1. The molecule has 9 rings (SSSR count). The maximum Gasteiger partial charge on any atom is 0.647 e. The average Bonchev–Trinajstić information content (AvgIpc) is 3.28. The highest BCUT2D eigenvalue weighted by molar-refractivity contribution is 7.49. The Morgan fingerprint density at radius 2 is 0.492 bits per heavy atom. The zero-order chi connectivity index (χ0) is 45.1. The Morgan fingerprint density at radius 1 is 0.277 bits per heavy atom. The number of benzene rings is 9. The van der Waals surface area contributed by atoms with Crippen molar-refractivity contribution >= 4 is 7.82 Å². The smallest absolute Gasteiger partial charge is 0.508 e. The minimum atomic E-state index is -5.06. The van der Waals surface area contributed by atoms with Crippen LogP contribution in [0.3, 0.4) is 0 Å². The third-order valence-electron chi connectivity index (χ3n) is 10.6. The van der Waals surface area contributed by atoms with Crippen LogP contribution in [-0.2, 0) is 4.57 Å². The van der Waals surface area contributed by atoms with Gasteiger partial charge in [0.15, 0.2) is 0 Å². The Hall–Kier alpha value is -8.59. The molecule has 0 saturated carbocycles. The van der Waals surface area contributed by atoms with E-state index in [0.29, 0.717) is 66.8 Å². The van der Waals surface area contributed by atoms with Crippen LogP contribution in [0.15, 0.2) is 200 Å². The number of aromatic hydroxyl groups is 6. The molecular formula is C54H39O10P. The normalized spacial score (nSPS) is 11.2. The van der Waals surface area contributed by atoms with Crippen LogP contribution in [0.5, 0.6) is 51.7 Å². The van der Waals surface area contributed by atoms with Crippen molar-refractivity contribution in [1.29, 1.82) is 0 Å². The molecule has 6 N–H and O–H groups in total. The summed E-state index contributed by atoms with van der Waals surface area (Å²) in [6.45, 7) is 0. The highest BCUT2D eigenvalue weighted by Gasteiger charge is 2.37. The SMILES string of the molecule is O=P(Oc1cccc(-c2cccc(O)c2)c1-c1cccc(O)c1)(Oc1cccc(-c2cccc(O)c2)c1-c1cccc(O)c1)Oc1cccc(-c2cccc(O)c2)c1-c1cccc(O)c1. The molecule has 0 heterocycles. The van der Waals surface area contributed by atoms with Gasteiger partial charge in [-0.3, -0.25) is 0 Å². The summed E-state index contributed by atoms with van der Waals surface area (Å²) in [5.74, 6) is -0.0696. The number of rotatable bonds is 12. The van der Waals surface area contributed by atoms with E-state index in [-0.39, 0.29) is 51.7 Å². The average molecular weight is 879 g/mol. The van der Waals surface area contributed by atoms with E-state index in [1.54, 1.807) is 146 Å². The molecule has 0 aromatic heterocycles. The van der Waals surface area contributed by atoms with Gasteiger partial charge in [0.25, 0.3) is 0 Å². The molecule has 0 unspecified atom stereocenters. The molecule has 0 spiro atoms. The van der Waals surface area contributed by atoms with Gasteiger partial charge >= 0.3 is 7.82 Å². The van der Waals surface area contributed by atoms with Gasteiger partial charge < -0.3 is 44.2 Å². The van der Waals surface area contributed by atoms with Gasteiger partial charge in [-0.05, 0) is 141 Å². The fraction of sp³-hybridized carbons (Fsp3) is 0. The van der Waals surface area contributed by atoms with Gasteiger partial charge in [-0.1, -0.05) is 109 Å². The summed E-state index contributed by atoms with van der Waals surface area (Å²) in [5, 5.41) is 63.9. The molecular weight excluding hydrogens is 840 g/mol. The van der Waals surface area contributed by atoms with Gasteiger partial charge in [0, 0.05) is 16.7 Å². The fourth-order valence-corrected chi connectivity index (χ4v) is 9.15. The third kappa shape index (κ3) is 9.02. The van der Waals surface area contributed by atoms with Crippen LogP contribution >= 0.6 is 7.82 Å². The predicted molar refractivity (Wildman–Crippen MR) is 251 cm³/mol. The number of phenols is 6. The van der Waals surface area contributed by atoms with E-state index in [1.807, 2.05) is 0 Å². The van der Waals surface area contributed by atoms with Crippen LogP contribution in [-0.4, -0.2) is 30.6 Å². The highest BCUT2D eigenvalue weighted by Crippen LogP contribution is 2.57. The number of hydrogen-bond donors (Lipinski definition) is 6. The second-order valence-corrected chi connectivity index (χ2v) is 16.5. The standard InChI is InChI=1S/C54H39O10P/c55-40-16-1-10-34(28-40)46-22-7-25-49(52(46)37-13-4-19-43(58)31-37)62-65(61,63-50-26-8-23-47(35-11-2-17-41(56)29-35)53(50)38-14-5-20-44(59)32-38)64-51-27-9-24-48(36-12-3-18-42(57)30-36)54(51)39-15-6-21-45(60)33-39/h1-33,55-60H. The summed E-state index contributed by atoms with van der Waals surface area (Å²) in [4.78, 5) is 0. The lowest BCUT2D eigenvalue weighted by Crippen LogP contribution is -2.10. The quantitative estimate of drug-likeness (QED) is 0.0650. The predicted octanol–water partition coefficient (Wildman–Crippen LogP) is 13.6. The molecule has 0 aliphatic heterocycles. The first-order valence-electron chi connectivity index (χ1n) is 20.3. The monoisotopic (exact) mass is 878 g/mol. The molecule has 0 bridgehead atoms. The first kappa shape index (κ1) is 41.7. The number of hydrogen-bond acceptors (Lipinski definition) is 10. The number of phenolic OH excluding ortho intramolecular Hbond substituents is 6. The lowest BCUT2D eigenvalue weighted by atomic mass is 9.93. The maximum atomic E-state index is 16.2. The molecule has 0 atom stereocenters. The van der Waals surface area contributed by atoms with E-state index in [9.17, 15) is 30.6 Å². The van der Waals surface area contributed by atoms with Crippen LogP contribution in [0.1, 0.15) is 0 Å². The molecule has 320 valence electrons. The van der Waals surface area contributed by atoms with Crippen molar-refractivity contribution < 1.29 is 48.8 Å². The second kappa shape index (κ2) is 17.6. The summed E-state index contributed by atoms with van der Waals surface area (Å²) in [6, 6.07) is 54.3. The summed E-state index contributed by atoms with van der Waals surface area (Å²) in [6.07, 6.45) is 0. The molecule has 10 nitrogen and oxygen atoms in total. The van der Waals surface area contributed by atoms with Crippen molar-refractivity contribution in [3.8, 4) is 119 Å². The lowest BCUT2D eigenvalue weighted by molar-refractivity contribution is 0.299.